The van der Waals surface area contributed by atoms with E-state index in [1.54, 1.807) is 17.4 Å². The van der Waals surface area contributed by atoms with Crippen LogP contribution in [-0.2, 0) is 0 Å². The molecule has 0 bridgehead atoms. The van der Waals surface area contributed by atoms with Crippen molar-refractivity contribution >= 4 is 21.4 Å². The molecule has 102 valence electrons. The molecule has 0 spiro atoms. The van der Waals surface area contributed by atoms with Crippen molar-refractivity contribution in [3.05, 3.63) is 64.5 Å². The predicted octanol–water partition coefficient (Wildman–Crippen LogP) is 4.05. The maximum atomic E-state index is 13.3. The maximum absolute atomic E-state index is 13.3. The van der Waals surface area contributed by atoms with Crippen LogP contribution in [0.25, 0.3) is 10.1 Å². The molecule has 1 unspecified atom stereocenters. The minimum absolute atomic E-state index is 0.0866. The Labute approximate surface area is 121 Å². The highest BCUT2D eigenvalue weighted by Crippen LogP contribution is 2.33. The summed E-state index contributed by atoms with van der Waals surface area (Å²) >= 11 is 1.68. The quantitative estimate of drug-likeness (QED) is 0.785. The van der Waals surface area contributed by atoms with Crippen LogP contribution in [0.15, 0.2) is 42.6 Å². The van der Waals surface area contributed by atoms with Crippen LogP contribution in [0.5, 0.6) is 0 Å². The van der Waals surface area contributed by atoms with Gasteiger partial charge in [-0.15, -0.1) is 11.3 Å². The molecule has 0 radical (unpaired) electrons. The average Bonchev–Trinajstić information content (AvgIpc) is 2.84. The molecule has 3 rings (SSSR count). The van der Waals surface area contributed by atoms with Crippen LogP contribution < -0.4 is 5.32 Å². The van der Waals surface area contributed by atoms with E-state index < -0.39 is 0 Å². The van der Waals surface area contributed by atoms with E-state index in [1.807, 2.05) is 38.4 Å². The van der Waals surface area contributed by atoms with E-state index >= 15 is 0 Å². The summed E-state index contributed by atoms with van der Waals surface area (Å²) in [4.78, 5) is 5.51. The summed E-state index contributed by atoms with van der Waals surface area (Å²) in [6, 6.07) is 11.1. The van der Waals surface area contributed by atoms with Crippen molar-refractivity contribution in [1.82, 2.24) is 10.3 Å². The molecule has 4 heteroatoms. The third-order valence-electron chi connectivity index (χ3n) is 3.34. The zero-order valence-corrected chi connectivity index (χ0v) is 12.2. The number of hydrogen-bond acceptors (Lipinski definition) is 3. The van der Waals surface area contributed by atoms with Gasteiger partial charge in [0.2, 0.25) is 0 Å². The topological polar surface area (TPSA) is 24.9 Å². The third-order valence-corrected chi connectivity index (χ3v) is 4.52. The number of aryl methyl sites for hydroxylation is 1. The first kappa shape index (κ1) is 13.2. The van der Waals surface area contributed by atoms with Gasteiger partial charge < -0.3 is 5.32 Å². The lowest BCUT2D eigenvalue weighted by Gasteiger charge is -2.14. The van der Waals surface area contributed by atoms with E-state index in [9.17, 15) is 4.39 Å². The highest BCUT2D eigenvalue weighted by atomic mass is 32.1. The number of hydrogen-bond donors (Lipinski definition) is 1. The smallest absolute Gasteiger partial charge is 0.123 e. The fourth-order valence-corrected chi connectivity index (χ4v) is 3.48. The second kappa shape index (κ2) is 5.31. The Hall–Kier alpha value is -1.78. The Morgan fingerprint density at radius 1 is 1.20 bits per heavy atom. The van der Waals surface area contributed by atoms with Crippen LogP contribution >= 0.6 is 11.3 Å². The fraction of sp³-hybridized carbons (Fsp3) is 0.188. The van der Waals surface area contributed by atoms with Gasteiger partial charge in [-0.1, -0.05) is 6.07 Å². The molecule has 2 aromatic heterocycles. The fourth-order valence-electron chi connectivity index (χ4n) is 2.30. The summed E-state index contributed by atoms with van der Waals surface area (Å²) in [5.41, 5.74) is 2.12. The minimum Gasteiger partial charge on any atom is -0.309 e. The number of nitrogens with one attached hydrogen (secondary N) is 1. The summed E-state index contributed by atoms with van der Waals surface area (Å²) in [7, 11) is 1.93. The largest absolute Gasteiger partial charge is 0.309 e. The van der Waals surface area contributed by atoms with Crippen molar-refractivity contribution < 1.29 is 4.39 Å². The number of aromatic nitrogens is 1. The lowest BCUT2D eigenvalue weighted by molar-refractivity contribution is 0.630. The summed E-state index contributed by atoms with van der Waals surface area (Å²) in [5, 5.41) is 4.26. The summed E-state index contributed by atoms with van der Waals surface area (Å²) in [5.74, 6) is -0.195. The molecule has 2 nitrogen and oxygen atoms in total. The second-order valence-electron chi connectivity index (χ2n) is 4.79. The maximum Gasteiger partial charge on any atom is 0.123 e. The van der Waals surface area contributed by atoms with Crippen molar-refractivity contribution in [3.8, 4) is 0 Å². The number of pyridine rings is 1. The molecule has 0 aliphatic rings. The molecule has 1 N–H and O–H groups in total. The molecule has 0 amide bonds. The highest BCUT2D eigenvalue weighted by Gasteiger charge is 2.15. The Morgan fingerprint density at radius 3 is 2.75 bits per heavy atom. The molecule has 0 saturated heterocycles. The van der Waals surface area contributed by atoms with Crippen molar-refractivity contribution in [1.29, 1.82) is 0 Å². The molecule has 1 atom stereocenters. The highest BCUT2D eigenvalue weighted by molar-refractivity contribution is 7.19. The Kier molecular flexibility index (Phi) is 3.51. The number of nitrogens with zero attached hydrogens (tertiary/aromatic N) is 1. The zero-order chi connectivity index (χ0) is 14.1. The third kappa shape index (κ3) is 2.44. The summed E-state index contributed by atoms with van der Waals surface area (Å²) < 4.78 is 14.4. The van der Waals surface area contributed by atoms with E-state index in [0.717, 1.165) is 21.3 Å². The molecule has 0 aliphatic heterocycles. The zero-order valence-electron chi connectivity index (χ0n) is 11.4. The van der Waals surface area contributed by atoms with Crippen LogP contribution in [0.2, 0.25) is 0 Å². The SMILES string of the molecule is CNC(c1ccc(C)nc1)c1cc2cc(F)ccc2s1. The van der Waals surface area contributed by atoms with E-state index in [1.165, 1.54) is 10.9 Å². The molecule has 0 aliphatic carbocycles. The average molecular weight is 286 g/mol. The van der Waals surface area contributed by atoms with Gasteiger partial charge in [-0.25, -0.2) is 4.39 Å². The van der Waals surface area contributed by atoms with Gasteiger partial charge in [-0.05, 0) is 55.3 Å². The molecular weight excluding hydrogens is 271 g/mol. The van der Waals surface area contributed by atoms with Gasteiger partial charge in [0, 0.05) is 21.5 Å². The lowest BCUT2D eigenvalue weighted by atomic mass is 10.1. The lowest BCUT2D eigenvalue weighted by Crippen LogP contribution is -2.16. The van der Waals surface area contributed by atoms with Gasteiger partial charge in [-0.2, -0.15) is 0 Å². The molecule has 1 aromatic carbocycles. The van der Waals surface area contributed by atoms with E-state index in [4.69, 9.17) is 0 Å². The first-order valence-electron chi connectivity index (χ1n) is 6.46. The summed E-state index contributed by atoms with van der Waals surface area (Å²) in [6.45, 7) is 1.97. The van der Waals surface area contributed by atoms with E-state index in [2.05, 4.69) is 16.4 Å². The molecule has 0 saturated carbocycles. The number of fused-ring (bicyclic) bond motifs is 1. The normalized spacial score (nSPS) is 12.8. The monoisotopic (exact) mass is 286 g/mol. The standard InChI is InChI=1S/C16H15FN2S/c1-10-3-4-11(9-19-10)16(18-2)15-8-12-7-13(17)5-6-14(12)20-15/h3-9,16,18H,1-2H3. The van der Waals surface area contributed by atoms with Crippen molar-refractivity contribution in [2.24, 2.45) is 0 Å². The molecular formula is C16H15FN2S. The van der Waals surface area contributed by atoms with E-state index in [-0.39, 0.29) is 11.9 Å². The predicted molar refractivity (Wildman–Crippen MR) is 81.7 cm³/mol. The van der Waals surface area contributed by atoms with Crippen molar-refractivity contribution in [2.45, 2.75) is 13.0 Å². The van der Waals surface area contributed by atoms with Crippen LogP contribution in [0, 0.1) is 12.7 Å². The van der Waals surface area contributed by atoms with E-state index in [0.29, 0.717) is 0 Å². The molecule has 20 heavy (non-hydrogen) atoms. The first-order valence-corrected chi connectivity index (χ1v) is 7.28. The first-order chi connectivity index (χ1) is 9.67. The molecule has 3 aromatic rings. The van der Waals surface area contributed by atoms with Crippen LogP contribution in [0.1, 0.15) is 22.2 Å². The number of halogens is 1. The Balaban J connectivity index is 2.04. The van der Waals surface area contributed by atoms with Gasteiger partial charge >= 0.3 is 0 Å². The number of benzene rings is 1. The van der Waals surface area contributed by atoms with Gasteiger partial charge in [0.1, 0.15) is 5.82 Å². The van der Waals surface area contributed by atoms with Crippen LogP contribution in [0.4, 0.5) is 4.39 Å². The van der Waals surface area contributed by atoms with Crippen LogP contribution in [0.3, 0.4) is 0 Å². The van der Waals surface area contributed by atoms with Gasteiger partial charge in [0.15, 0.2) is 0 Å². The summed E-state index contributed by atoms with van der Waals surface area (Å²) in [6.07, 6.45) is 1.89. The van der Waals surface area contributed by atoms with Crippen molar-refractivity contribution in [3.63, 3.8) is 0 Å². The molecule has 0 fully saturated rings. The Morgan fingerprint density at radius 2 is 2.05 bits per heavy atom. The number of rotatable bonds is 3. The second-order valence-corrected chi connectivity index (χ2v) is 5.90. The van der Waals surface area contributed by atoms with Crippen LogP contribution in [-0.4, -0.2) is 12.0 Å². The Bertz CT molecular complexity index is 734. The van der Waals surface area contributed by atoms with Gasteiger partial charge in [0.25, 0.3) is 0 Å². The minimum atomic E-state index is -0.195. The van der Waals surface area contributed by atoms with Crippen molar-refractivity contribution in [2.75, 3.05) is 7.05 Å². The van der Waals surface area contributed by atoms with Gasteiger partial charge in [-0.3, -0.25) is 4.98 Å². The van der Waals surface area contributed by atoms with Gasteiger partial charge in [0.05, 0.1) is 6.04 Å². The number of thiophene rings is 1. The molecule has 2 heterocycles.